The number of amides is 1. The standard InChI is InChI=1S/C27H33N3O2.C2H2O4/c1-32-26-11-5-4-10-25(26)30-18-16-29(17-19-30)15-7-6-14-28-27(31)21-22-12-13-23-8-2-3-9-24(23)20-22;3-1(4)2(5)6/h2-5,8-13,20H,6-7,14-19,21H2,1H3,(H,28,31);(H,3,4)(H,5,6). The quantitative estimate of drug-likeness (QED) is 0.290. The van der Waals surface area contributed by atoms with E-state index in [0.717, 1.165) is 63.4 Å². The third kappa shape index (κ3) is 8.77. The zero-order valence-corrected chi connectivity index (χ0v) is 21.6. The van der Waals surface area contributed by atoms with Gasteiger partial charge in [-0.05, 0) is 47.9 Å². The lowest BCUT2D eigenvalue weighted by atomic mass is 10.0. The van der Waals surface area contributed by atoms with Gasteiger partial charge < -0.3 is 25.2 Å². The van der Waals surface area contributed by atoms with E-state index in [0.29, 0.717) is 6.42 Å². The topological polar surface area (TPSA) is 119 Å². The summed E-state index contributed by atoms with van der Waals surface area (Å²) in [4.78, 5) is 35.4. The first-order valence-corrected chi connectivity index (χ1v) is 12.7. The molecule has 1 aliphatic heterocycles. The summed E-state index contributed by atoms with van der Waals surface area (Å²) < 4.78 is 5.50. The third-order valence-corrected chi connectivity index (χ3v) is 6.38. The maximum atomic E-state index is 12.3. The fourth-order valence-corrected chi connectivity index (χ4v) is 4.39. The number of methoxy groups -OCH3 is 1. The van der Waals surface area contributed by atoms with Crippen LogP contribution in [-0.4, -0.2) is 79.3 Å². The van der Waals surface area contributed by atoms with E-state index >= 15 is 0 Å². The number of hydrogen-bond acceptors (Lipinski definition) is 6. The van der Waals surface area contributed by atoms with Crippen molar-refractivity contribution < 1.29 is 29.3 Å². The van der Waals surface area contributed by atoms with E-state index in [1.165, 1.54) is 16.5 Å². The number of carbonyl (C=O) groups is 3. The van der Waals surface area contributed by atoms with Gasteiger partial charge in [0.2, 0.25) is 5.91 Å². The Hall–Kier alpha value is -4.11. The number of hydrogen-bond donors (Lipinski definition) is 3. The predicted octanol–water partition coefficient (Wildman–Crippen LogP) is 3.27. The summed E-state index contributed by atoms with van der Waals surface area (Å²) in [6, 6.07) is 22.7. The largest absolute Gasteiger partial charge is 0.495 e. The molecule has 1 fully saturated rings. The molecule has 9 heteroatoms. The fourth-order valence-electron chi connectivity index (χ4n) is 4.39. The lowest BCUT2D eigenvalue weighted by Gasteiger charge is -2.36. The van der Waals surface area contributed by atoms with Crippen molar-refractivity contribution in [1.29, 1.82) is 0 Å². The molecule has 1 heterocycles. The summed E-state index contributed by atoms with van der Waals surface area (Å²) in [5, 5.41) is 20.3. The molecule has 0 saturated carbocycles. The number of rotatable bonds is 9. The number of carboxylic acid groups (broad SMARTS) is 2. The molecule has 0 aliphatic carbocycles. The number of fused-ring (bicyclic) bond motifs is 1. The molecule has 0 unspecified atom stereocenters. The summed E-state index contributed by atoms with van der Waals surface area (Å²) in [5.41, 5.74) is 2.25. The summed E-state index contributed by atoms with van der Waals surface area (Å²) >= 11 is 0. The molecular formula is C29H35N3O6. The molecule has 0 bridgehead atoms. The monoisotopic (exact) mass is 521 g/mol. The summed E-state index contributed by atoms with van der Waals surface area (Å²) in [6.45, 7) is 5.98. The summed E-state index contributed by atoms with van der Waals surface area (Å²) in [5.74, 6) is -2.60. The van der Waals surface area contributed by atoms with Gasteiger partial charge >= 0.3 is 11.9 Å². The van der Waals surface area contributed by atoms with Crippen LogP contribution in [0.4, 0.5) is 5.69 Å². The lowest BCUT2D eigenvalue weighted by molar-refractivity contribution is -0.159. The normalized spacial score (nSPS) is 13.3. The average Bonchev–Trinajstić information content (AvgIpc) is 2.93. The number of carboxylic acids is 2. The van der Waals surface area contributed by atoms with Gasteiger partial charge in [0.15, 0.2) is 0 Å². The maximum Gasteiger partial charge on any atom is 0.414 e. The van der Waals surface area contributed by atoms with Crippen molar-refractivity contribution in [2.45, 2.75) is 19.3 Å². The fraction of sp³-hybridized carbons (Fsp3) is 0.345. The zero-order chi connectivity index (χ0) is 27.3. The minimum Gasteiger partial charge on any atom is -0.495 e. The van der Waals surface area contributed by atoms with Crippen LogP contribution in [0, 0.1) is 0 Å². The van der Waals surface area contributed by atoms with Gasteiger partial charge in [-0.1, -0.05) is 54.6 Å². The Balaban J connectivity index is 0.000000599. The minimum absolute atomic E-state index is 0.103. The van der Waals surface area contributed by atoms with Crippen LogP contribution in [0.25, 0.3) is 10.8 Å². The van der Waals surface area contributed by atoms with Crippen LogP contribution in [0.3, 0.4) is 0 Å². The Morgan fingerprint density at radius 1 is 0.842 bits per heavy atom. The first-order valence-electron chi connectivity index (χ1n) is 12.7. The number of anilines is 1. The van der Waals surface area contributed by atoms with E-state index < -0.39 is 11.9 Å². The molecule has 0 radical (unpaired) electrons. The van der Waals surface area contributed by atoms with Gasteiger partial charge in [-0.2, -0.15) is 0 Å². The molecular weight excluding hydrogens is 486 g/mol. The molecule has 3 aromatic rings. The number of carbonyl (C=O) groups excluding carboxylic acids is 1. The van der Waals surface area contributed by atoms with Gasteiger partial charge in [0.25, 0.3) is 0 Å². The van der Waals surface area contributed by atoms with Gasteiger partial charge in [0.1, 0.15) is 5.75 Å². The van der Waals surface area contributed by atoms with E-state index in [9.17, 15) is 4.79 Å². The first kappa shape index (κ1) is 28.5. The van der Waals surface area contributed by atoms with Crippen molar-refractivity contribution in [1.82, 2.24) is 10.2 Å². The van der Waals surface area contributed by atoms with Crippen LogP contribution in [0.2, 0.25) is 0 Å². The maximum absolute atomic E-state index is 12.3. The Bertz CT molecular complexity index is 1210. The molecule has 4 rings (SSSR count). The number of piperazine rings is 1. The molecule has 0 atom stereocenters. The molecule has 0 aromatic heterocycles. The van der Waals surface area contributed by atoms with Crippen molar-refractivity contribution in [3.8, 4) is 5.75 Å². The number of aliphatic carboxylic acids is 2. The van der Waals surface area contributed by atoms with E-state index in [4.69, 9.17) is 24.5 Å². The Morgan fingerprint density at radius 2 is 1.50 bits per heavy atom. The Kier molecular flexibility index (Phi) is 10.9. The van der Waals surface area contributed by atoms with Gasteiger partial charge in [-0.25, -0.2) is 9.59 Å². The van der Waals surface area contributed by atoms with Crippen molar-refractivity contribution >= 4 is 34.3 Å². The van der Waals surface area contributed by atoms with Crippen LogP contribution >= 0.6 is 0 Å². The molecule has 9 nitrogen and oxygen atoms in total. The van der Waals surface area contributed by atoms with Gasteiger partial charge in [-0.15, -0.1) is 0 Å². The van der Waals surface area contributed by atoms with Crippen molar-refractivity contribution in [3.05, 3.63) is 72.3 Å². The minimum atomic E-state index is -1.82. The molecule has 38 heavy (non-hydrogen) atoms. The number of nitrogens with one attached hydrogen (secondary N) is 1. The number of ether oxygens (including phenoxy) is 1. The molecule has 0 spiro atoms. The van der Waals surface area contributed by atoms with E-state index in [1.54, 1.807) is 7.11 Å². The Labute approximate surface area is 222 Å². The van der Waals surface area contributed by atoms with Crippen LogP contribution in [0.15, 0.2) is 66.7 Å². The van der Waals surface area contributed by atoms with Crippen LogP contribution < -0.4 is 15.0 Å². The second-order valence-corrected chi connectivity index (χ2v) is 9.03. The van der Waals surface area contributed by atoms with Crippen molar-refractivity contribution in [2.75, 3.05) is 51.3 Å². The zero-order valence-electron chi connectivity index (χ0n) is 21.6. The number of nitrogens with zero attached hydrogens (tertiary/aromatic N) is 2. The highest BCUT2D eigenvalue weighted by molar-refractivity contribution is 6.27. The van der Waals surface area contributed by atoms with Crippen LogP contribution in [0.5, 0.6) is 5.75 Å². The van der Waals surface area contributed by atoms with Gasteiger partial charge in [0, 0.05) is 32.7 Å². The molecule has 1 saturated heterocycles. The summed E-state index contributed by atoms with van der Waals surface area (Å²) in [6.07, 6.45) is 2.55. The van der Waals surface area contributed by atoms with E-state index in [-0.39, 0.29) is 5.91 Å². The van der Waals surface area contributed by atoms with Crippen molar-refractivity contribution in [3.63, 3.8) is 0 Å². The highest BCUT2D eigenvalue weighted by Gasteiger charge is 2.19. The van der Waals surface area contributed by atoms with Gasteiger partial charge in [-0.3, -0.25) is 9.69 Å². The highest BCUT2D eigenvalue weighted by Crippen LogP contribution is 2.28. The predicted molar refractivity (Wildman–Crippen MR) is 147 cm³/mol. The van der Waals surface area contributed by atoms with Crippen LogP contribution in [-0.2, 0) is 20.8 Å². The molecule has 202 valence electrons. The first-order chi connectivity index (χ1) is 18.4. The second-order valence-electron chi connectivity index (χ2n) is 9.03. The lowest BCUT2D eigenvalue weighted by Crippen LogP contribution is -2.46. The smallest absolute Gasteiger partial charge is 0.414 e. The highest BCUT2D eigenvalue weighted by atomic mass is 16.5. The number of unbranched alkanes of at least 4 members (excludes halogenated alkanes) is 1. The van der Waals surface area contributed by atoms with E-state index in [1.807, 2.05) is 30.3 Å². The molecule has 1 amide bonds. The number of benzene rings is 3. The van der Waals surface area contributed by atoms with Crippen molar-refractivity contribution in [2.24, 2.45) is 0 Å². The Morgan fingerprint density at radius 3 is 2.18 bits per heavy atom. The molecule has 3 N–H and O–H groups in total. The second kappa shape index (κ2) is 14.6. The van der Waals surface area contributed by atoms with Gasteiger partial charge in [0.05, 0.1) is 19.2 Å². The molecule has 3 aromatic carbocycles. The van der Waals surface area contributed by atoms with E-state index in [2.05, 4.69) is 51.5 Å². The number of para-hydroxylation sites is 2. The summed E-state index contributed by atoms with van der Waals surface area (Å²) in [7, 11) is 1.73. The van der Waals surface area contributed by atoms with Crippen LogP contribution in [0.1, 0.15) is 18.4 Å². The average molecular weight is 522 g/mol. The SMILES string of the molecule is COc1ccccc1N1CCN(CCCCNC(=O)Cc2ccc3ccccc3c2)CC1.O=C(O)C(=O)O. The molecule has 1 aliphatic rings. The third-order valence-electron chi connectivity index (χ3n) is 6.38.